The molecular weight excluding hydrogens is 142 g/mol. The molecule has 0 amide bonds. The van der Waals surface area contributed by atoms with E-state index in [1.807, 2.05) is 4.68 Å². The average Bonchev–Trinajstić information content (AvgIpc) is 2.27. The number of rotatable bonds is 0. The highest BCUT2D eigenvalue weighted by Crippen LogP contribution is 2.14. The van der Waals surface area contributed by atoms with E-state index in [0.29, 0.717) is 11.9 Å². The van der Waals surface area contributed by atoms with E-state index < -0.39 is 0 Å². The van der Waals surface area contributed by atoms with Crippen LogP contribution in [0.25, 0.3) is 0 Å². The first-order valence-corrected chi connectivity index (χ1v) is 3.70. The van der Waals surface area contributed by atoms with Gasteiger partial charge < -0.3 is 11.1 Å². The smallest absolute Gasteiger partial charge is 0.241 e. The Morgan fingerprint density at radius 1 is 1.73 bits per heavy atom. The van der Waals surface area contributed by atoms with Crippen molar-refractivity contribution in [1.82, 2.24) is 14.8 Å². The van der Waals surface area contributed by atoms with E-state index in [2.05, 4.69) is 22.3 Å². The van der Waals surface area contributed by atoms with E-state index >= 15 is 0 Å². The summed E-state index contributed by atoms with van der Waals surface area (Å²) in [6.07, 6.45) is 0. The van der Waals surface area contributed by atoms with Gasteiger partial charge >= 0.3 is 0 Å². The summed E-state index contributed by atoms with van der Waals surface area (Å²) in [5.74, 6) is 1.74. The van der Waals surface area contributed by atoms with Gasteiger partial charge in [-0.25, -0.2) is 4.68 Å². The topological polar surface area (TPSA) is 68.8 Å². The number of aromatic nitrogens is 3. The molecule has 1 unspecified atom stereocenters. The zero-order chi connectivity index (χ0) is 7.84. The Kier molecular flexibility index (Phi) is 1.24. The molecule has 1 aliphatic heterocycles. The highest BCUT2D eigenvalue weighted by molar-refractivity contribution is 5.33. The van der Waals surface area contributed by atoms with Crippen LogP contribution in [0.4, 0.5) is 11.9 Å². The molecule has 0 bridgehead atoms. The van der Waals surface area contributed by atoms with Crippen molar-refractivity contribution in [2.45, 2.75) is 13.5 Å². The van der Waals surface area contributed by atoms with Crippen molar-refractivity contribution >= 4 is 11.9 Å². The Labute approximate surface area is 64.6 Å². The maximum Gasteiger partial charge on any atom is 0.241 e. The number of nitrogens with two attached hydrogens (primary N) is 1. The summed E-state index contributed by atoms with van der Waals surface area (Å²) in [4.78, 5) is 4.00. The second-order valence-electron chi connectivity index (χ2n) is 2.96. The van der Waals surface area contributed by atoms with Crippen LogP contribution in [0.2, 0.25) is 0 Å². The van der Waals surface area contributed by atoms with Crippen LogP contribution in [0.3, 0.4) is 0 Å². The SMILES string of the molecule is CC1CNc2nc(N)nn2C1. The van der Waals surface area contributed by atoms with Crippen molar-refractivity contribution in [3.8, 4) is 0 Å². The van der Waals surface area contributed by atoms with Crippen molar-refractivity contribution in [2.75, 3.05) is 17.6 Å². The third-order valence-electron chi connectivity index (χ3n) is 1.78. The van der Waals surface area contributed by atoms with Crippen LogP contribution in [0.5, 0.6) is 0 Å². The Bertz CT molecular complexity index is 266. The molecule has 0 saturated heterocycles. The van der Waals surface area contributed by atoms with Gasteiger partial charge in [0.15, 0.2) is 0 Å². The van der Waals surface area contributed by atoms with Crippen LogP contribution in [0, 0.1) is 5.92 Å². The molecule has 5 nitrogen and oxygen atoms in total. The molecule has 3 N–H and O–H groups in total. The summed E-state index contributed by atoms with van der Waals surface area (Å²) in [6, 6.07) is 0. The van der Waals surface area contributed by atoms with Gasteiger partial charge in [-0.05, 0) is 5.92 Å². The van der Waals surface area contributed by atoms with Crippen LogP contribution >= 0.6 is 0 Å². The van der Waals surface area contributed by atoms with E-state index in [0.717, 1.165) is 19.0 Å². The molecule has 1 aromatic rings. The zero-order valence-corrected chi connectivity index (χ0v) is 6.41. The minimum absolute atomic E-state index is 0.349. The summed E-state index contributed by atoms with van der Waals surface area (Å²) in [6.45, 7) is 4.03. The lowest BCUT2D eigenvalue weighted by molar-refractivity contribution is 0.444. The standard InChI is InChI=1S/C6H11N5/c1-4-2-8-6-9-5(7)10-11(6)3-4/h4H,2-3H2,1H3,(H3,7,8,9,10). The number of hydrogen-bond acceptors (Lipinski definition) is 4. The van der Waals surface area contributed by atoms with Crippen LogP contribution < -0.4 is 11.1 Å². The van der Waals surface area contributed by atoms with Gasteiger partial charge in [-0.2, -0.15) is 4.98 Å². The van der Waals surface area contributed by atoms with Gasteiger partial charge in [0.05, 0.1) is 0 Å². The molecule has 1 aromatic heterocycles. The lowest BCUT2D eigenvalue weighted by Gasteiger charge is -2.19. The van der Waals surface area contributed by atoms with Gasteiger partial charge in [0, 0.05) is 13.1 Å². The number of nitrogen functional groups attached to an aromatic ring is 1. The van der Waals surface area contributed by atoms with Gasteiger partial charge in [0.1, 0.15) is 0 Å². The minimum atomic E-state index is 0.349. The Balaban J connectivity index is 2.34. The van der Waals surface area contributed by atoms with E-state index in [4.69, 9.17) is 5.73 Å². The molecule has 2 rings (SSSR count). The molecule has 0 spiro atoms. The van der Waals surface area contributed by atoms with Crippen molar-refractivity contribution < 1.29 is 0 Å². The molecule has 1 atom stereocenters. The van der Waals surface area contributed by atoms with Crippen molar-refractivity contribution in [3.05, 3.63) is 0 Å². The number of nitrogens with zero attached hydrogens (tertiary/aromatic N) is 3. The largest absolute Gasteiger partial charge is 0.366 e. The average molecular weight is 153 g/mol. The molecular formula is C6H11N5. The fraction of sp³-hybridized carbons (Fsp3) is 0.667. The highest BCUT2D eigenvalue weighted by atomic mass is 15.4. The van der Waals surface area contributed by atoms with Gasteiger partial charge in [-0.1, -0.05) is 6.92 Å². The summed E-state index contributed by atoms with van der Waals surface area (Å²) in [5, 5.41) is 7.16. The summed E-state index contributed by atoms with van der Waals surface area (Å²) < 4.78 is 1.81. The lowest BCUT2D eigenvalue weighted by Crippen LogP contribution is -2.25. The van der Waals surface area contributed by atoms with Crippen molar-refractivity contribution in [2.24, 2.45) is 5.92 Å². The second kappa shape index (κ2) is 2.11. The van der Waals surface area contributed by atoms with Crippen LogP contribution in [0.15, 0.2) is 0 Å². The fourth-order valence-corrected chi connectivity index (χ4v) is 1.24. The molecule has 2 heterocycles. The molecule has 5 heteroatoms. The van der Waals surface area contributed by atoms with E-state index in [-0.39, 0.29) is 0 Å². The van der Waals surface area contributed by atoms with Gasteiger partial charge in [0.2, 0.25) is 11.9 Å². The first kappa shape index (κ1) is 6.45. The third-order valence-corrected chi connectivity index (χ3v) is 1.78. The molecule has 11 heavy (non-hydrogen) atoms. The zero-order valence-electron chi connectivity index (χ0n) is 6.41. The first-order chi connectivity index (χ1) is 5.25. The maximum absolute atomic E-state index is 5.42. The monoisotopic (exact) mass is 153 g/mol. The molecule has 60 valence electrons. The number of fused-ring (bicyclic) bond motifs is 1. The minimum Gasteiger partial charge on any atom is -0.366 e. The van der Waals surface area contributed by atoms with E-state index in [1.54, 1.807) is 0 Å². The fourth-order valence-electron chi connectivity index (χ4n) is 1.24. The number of hydrogen-bond donors (Lipinski definition) is 2. The Hall–Kier alpha value is -1.26. The molecule has 0 fully saturated rings. The molecule has 0 aromatic carbocycles. The van der Waals surface area contributed by atoms with Crippen LogP contribution in [0.1, 0.15) is 6.92 Å². The highest BCUT2D eigenvalue weighted by Gasteiger charge is 2.16. The van der Waals surface area contributed by atoms with E-state index in [1.165, 1.54) is 0 Å². The number of anilines is 2. The summed E-state index contributed by atoms with van der Waals surface area (Å²) in [7, 11) is 0. The van der Waals surface area contributed by atoms with Gasteiger partial charge in [0.25, 0.3) is 0 Å². The van der Waals surface area contributed by atoms with Gasteiger partial charge in [-0.15, -0.1) is 5.10 Å². The Morgan fingerprint density at radius 2 is 2.55 bits per heavy atom. The summed E-state index contributed by atoms with van der Waals surface area (Å²) in [5.41, 5.74) is 5.42. The van der Waals surface area contributed by atoms with Gasteiger partial charge in [-0.3, -0.25) is 0 Å². The second-order valence-corrected chi connectivity index (χ2v) is 2.96. The van der Waals surface area contributed by atoms with Crippen molar-refractivity contribution in [1.29, 1.82) is 0 Å². The van der Waals surface area contributed by atoms with Crippen molar-refractivity contribution in [3.63, 3.8) is 0 Å². The normalized spacial score (nSPS) is 22.5. The molecule has 0 saturated carbocycles. The predicted molar refractivity (Wildman–Crippen MR) is 42.1 cm³/mol. The number of nitrogens with one attached hydrogen (secondary N) is 1. The first-order valence-electron chi connectivity index (χ1n) is 3.70. The third kappa shape index (κ3) is 1.02. The summed E-state index contributed by atoms with van der Waals surface area (Å²) >= 11 is 0. The predicted octanol–water partition coefficient (Wildman–Crippen LogP) is -0.0781. The maximum atomic E-state index is 5.42. The lowest BCUT2D eigenvalue weighted by atomic mass is 10.1. The molecule has 1 aliphatic rings. The van der Waals surface area contributed by atoms with Crippen LogP contribution in [-0.4, -0.2) is 21.3 Å². The quantitative estimate of drug-likeness (QED) is 0.547. The van der Waals surface area contributed by atoms with Crippen LogP contribution in [-0.2, 0) is 6.54 Å². The molecule has 0 radical (unpaired) electrons. The molecule has 0 aliphatic carbocycles. The Morgan fingerprint density at radius 3 is 3.36 bits per heavy atom. The van der Waals surface area contributed by atoms with E-state index in [9.17, 15) is 0 Å².